The number of carbonyl (C=O) groups is 1. The summed E-state index contributed by atoms with van der Waals surface area (Å²) in [4.78, 5) is 13.6. The lowest BCUT2D eigenvalue weighted by molar-refractivity contribution is -0.119. The molecule has 1 aromatic rings. The number of nitrogens with zero attached hydrogens (tertiary/aromatic N) is 1. The first kappa shape index (κ1) is 11.9. The number of benzene rings is 1. The molecule has 2 rings (SSSR count). The summed E-state index contributed by atoms with van der Waals surface area (Å²) in [5.41, 5.74) is 7.75. The van der Waals surface area contributed by atoms with E-state index in [2.05, 4.69) is 0 Å². The first-order valence-electron chi connectivity index (χ1n) is 5.82. The van der Waals surface area contributed by atoms with Crippen LogP contribution < -0.4 is 15.4 Å². The summed E-state index contributed by atoms with van der Waals surface area (Å²) in [6.45, 7) is 0.596. The molecule has 4 heteroatoms. The summed E-state index contributed by atoms with van der Waals surface area (Å²) in [6, 6.07) is 5.83. The van der Waals surface area contributed by atoms with Crippen LogP contribution >= 0.6 is 0 Å². The van der Waals surface area contributed by atoms with Gasteiger partial charge in [0.15, 0.2) is 0 Å². The van der Waals surface area contributed by atoms with E-state index in [-0.39, 0.29) is 11.8 Å². The van der Waals surface area contributed by atoms with Crippen LogP contribution in [0.25, 0.3) is 0 Å². The lowest BCUT2D eigenvalue weighted by Crippen LogP contribution is -2.33. The van der Waals surface area contributed by atoms with Gasteiger partial charge in [0.05, 0.1) is 7.11 Å². The molecule has 0 radical (unpaired) electrons. The molecular formula is C13H18N2O2. The first-order chi connectivity index (χ1) is 8.17. The zero-order valence-corrected chi connectivity index (χ0v) is 10.3. The zero-order valence-electron chi connectivity index (χ0n) is 10.3. The molecule has 0 spiro atoms. The van der Waals surface area contributed by atoms with Gasteiger partial charge in [-0.3, -0.25) is 4.79 Å². The van der Waals surface area contributed by atoms with E-state index in [0.717, 1.165) is 23.4 Å². The van der Waals surface area contributed by atoms with E-state index in [1.54, 1.807) is 12.0 Å². The molecule has 0 aromatic heterocycles. The highest BCUT2D eigenvalue weighted by atomic mass is 16.5. The zero-order chi connectivity index (χ0) is 12.4. The van der Waals surface area contributed by atoms with Crippen LogP contribution in [0.5, 0.6) is 5.75 Å². The molecule has 0 saturated heterocycles. The van der Waals surface area contributed by atoms with Gasteiger partial charge in [0.25, 0.3) is 0 Å². The van der Waals surface area contributed by atoms with Crippen molar-refractivity contribution in [2.45, 2.75) is 18.8 Å². The van der Waals surface area contributed by atoms with Gasteiger partial charge in [-0.1, -0.05) is 0 Å². The van der Waals surface area contributed by atoms with Gasteiger partial charge in [0.2, 0.25) is 5.91 Å². The van der Waals surface area contributed by atoms with Crippen LogP contribution in [0.4, 0.5) is 5.69 Å². The average Bonchev–Trinajstić information content (AvgIpc) is 2.35. The van der Waals surface area contributed by atoms with Crippen molar-refractivity contribution in [3.63, 3.8) is 0 Å². The standard InChI is InChI=1S/C13H18N2O2/c1-15-12-4-3-10(17-2)8-11(12)9(5-6-14)7-13(15)16/h3-4,8-9H,5-7,14H2,1-2H3. The molecule has 1 aliphatic heterocycles. The number of anilines is 1. The maximum absolute atomic E-state index is 11.9. The van der Waals surface area contributed by atoms with Crippen LogP contribution in [-0.2, 0) is 4.79 Å². The predicted octanol–water partition coefficient (Wildman–Crippen LogP) is 1.49. The highest BCUT2D eigenvalue weighted by Gasteiger charge is 2.28. The Morgan fingerprint density at radius 1 is 1.53 bits per heavy atom. The Morgan fingerprint density at radius 2 is 2.29 bits per heavy atom. The minimum absolute atomic E-state index is 0.154. The van der Waals surface area contributed by atoms with Gasteiger partial charge in [0.1, 0.15) is 5.75 Å². The molecule has 17 heavy (non-hydrogen) atoms. The van der Waals surface area contributed by atoms with E-state index in [9.17, 15) is 4.79 Å². The van der Waals surface area contributed by atoms with Gasteiger partial charge in [-0.2, -0.15) is 0 Å². The van der Waals surface area contributed by atoms with Crippen molar-refractivity contribution in [2.24, 2.45) is 5.73 Å². The van der Waals surface area contributed by atoms with Gasteiger partial charge >= 0.3 is 0 Å². The topological polar surface area (TPSA) is 55.6 Å². The number of methoxy groups -OCH3 is 1. The third kappa shape index (κ3) is 2.13. The number of carbonyl (C=O) groups excluding carboxylic acids is 1. The van der Waals surface area contributed by atoms with Crippen LogP contribution in [0, 0.1) is 0 Å². The van der Waals surface area contributed by atoms with Crippen molar-refractivity contribution in [1.29, 1.82) is 0 Å². The fourth-order valence-electron chi connectivity index (χ4n) is 2.34. The van der Waals surface area contributed by atoms with E-state index < -0.39 is 0 Å². The normalized spacial score (nSPS) is 19.1. The second kappa shape index (κ2) is 4.75. The molecule has 1 atom stereocenters. The van der Waals surface area contributed by atoms with Gasteiger partial charge in [-0.05, 0) is 42.6 Å². The summed E-state index contributed by atoms with van der Waals surface area (Å²) in [6.07, 6.45) is 1.37. The monoisotopic (exact) mass is 234 g/mol. The number of rotatable bonds is 3. The fraction of sp³-hybridized carbons (Fsp3) is 0.462. The lowest BCUT2D eigenvalue weighted by atomic mass is 9.87. The predicted molar refractivity (Wildman–Crippen MR) is 67.4 cm³/mol. The Balaban J connectivity index is 2.44. The second-order valence-corrected chi connectivity index (χ2v) is 4.36. The molecule has 0 saturated carbocycles. The second-order valence-electron chi connectivity index (χ2n) is 4.36. The number of fused-ring (bicyclic) bond motifs is 1. The Morgan fingerprint density at radius 3 is 2.94 bits per heavy atom. The minimum Gasteiger partial charge on any atom is -0.497 e. The molecule has 1 heterocycles. The van der Waals surface area contributed by atoms with Crippen LogP contribution in [0.3, 0.4) is 0 Å². The van der Waals surface area contributed by atoms with E-state index in [0.29, 0.717) is 13.0 Å². The van der Waals surface area contributed by atoms with Gasteiger partial charge in [0, 0.05) is 19.2 Å². The van der Waals surface area contributed by atoms with E-state index in [4.69, 9.17) is 10.5 Å². The van der Waals surface area contributed by atoms with Crippen molar-refractivity contribution in [1.82, 2.24) is 0 Å². The van der Waals surface area contributed by atoms with Crippen molar-refractivity contribution in [3.8, 4) is 5.75 Å². The third-order valence-corrected chi connectivity index (χ3v) is 3.35. The summed E-state index contributed by atoms with van der Waals surface area (Å²) in [7, 11) is 3.46. The summed E-state index contributed by atoms with van der Waals surface area (Å²) in [5.74, 6) is 1.20. The van der Waals surface area contributed by atoms with E-state index in [1.165, 1.54) is 0 Å². The van der Waals surface area contributed by atoms with Crippen molar-refractivity contribution in [2.75, 3.05) is 25.6 Å². The van der Waals surface area contributed by atoms with Crippen molar-refractivity contribution in [3.05, 3.63) is 23.8 Å². The van der Waals surface area contributed by atoms with Gasteiger partial charge in [-0.25, -0.2) is 0 Å². The molecule has 1 amide bonds. The molecule has 0 aliphatic carbocycles. The minimum atomic E-state index is 0.154. The smallest absolute Gasteiger partial charge is 0.227 e. The quantitative estimate of drug-likeness (QED) is 0.862. The number of hydrogen-bond acceptors (Lipinski definition) is 3. The number of amides is 1. The molecule has 1 unspecified atom stereocenters. The van der Waals surface area contributed by atoms with Crippen molar-refractivity contribution < 1.29 is 9.53 Å². The molecule has 92 valence electrons. The van der Waals surface area contributed by atoms with Crippen molar-refractivity contribution >= 4 is 11.6 Å². The number of nitrogens with two attached hydrogens (primary N) is 1. The van der Waals surface area contributed by atoms with Gasteiger partial charge < -0.3 is 15.4 Å². The highest BCUT2D eigenvalue weighted by molar-refractivity contribution is 5.96. The first-order valence-corrected chi connectivity index (χ1v) is 5.82. The lowest BCUT2D eigenvalue weighted by Gasteiger charge is -2.31. The van der Waals surface area contributed by atoms with Gasteiger partial charge in [-0.15, -0.1) is 0 Å². The third-order valence-electron chi connectivity index (χ3n) is 3.35. The summed E-state index contributed by atoms with van der Waals surface area (Å²) in [5, 5.41) is 0. The molecule has 1 aliphatic rings. The molecule has 0 fully saturated rings. The Hall–Kier alpha value is -1.55. The molecule has 0 bridgehead atoms. The van der Waals surface area contributed by atoms with E-state index in [1.807, 2.05) is 25.2 Å². The van der Waals surface area contributed by atoms with Crippen LogP contribution in [0.2, 0.25) is 0 Å². The Labute approximate surface area is 101 Å². The highest BCUT2D eigenvalue weighted by Crippen LogP contribution is 2.38. The Bertz CT molecular complexity index is 431. The molecule has 4 nitrogen and oxygen atoms in total. The van der Waals surface area contributed by atoms with Crippen LogP contribution in [-0.4, -0.2) is 26.6 Å². The number of hydrogen-bond donors (Lipinski definition) is 1. The maximum atomic E-state index is 11.9. The van der Waals surface area contributed by atoms with Crippen LogP contribution in [0.1, 0.15) is 24.3 Å². The SMILES string of the molecule is COc1ccc2c(c1)C(CCN)CC(=O)N2C. The summed E-state index contributed by atoms with van der Waals surface area (Å²) < 4.78 is 5.23. The average molecular weight is 234 g/mol. The molecular weight excluding hydrogens is 216 g/mol. The molecule has 1 aromatic carbocycles. The number of ether oxygens (including phenoxy) is 1. The molecule has 2 N–H and O–H groups in total. The fourth-order valence-corrected chi connectivity index (χ4v) is 2.34. The maximum Gasteiger partial charge on any atom is 0.227 e. The largest absolute Gasteiger partial charge is 0.497 e. The summed E-state index contributed by atoms with van der Waals surface area (Å²) >= 11 is 0. The Kier molecular flexibility index (Phi) is 3.33. The van der Waals surface area contributed by atoms with E-state index >= 15 is 0 Å². The van der Waals surface area contributed by atoms with Crippen LogP contribution in [0.15, 0.2) is 18.2 Å².